The Balaban J connectivity index is 2.27. The van der Waals surface area contributed by atoms with Crippen molar-refractivity contribution in [3.63, 3.8) is 0 Å². The van der Waals surface area contributed by atoms with Gasteiger partial charge in [-0.05, 0) is 36.6 Å². The number of ether oxygens (including phenoxy) is 1. The van der Waals surface area contributed by atoms with Crippen LogP contribution in [0.2, 0.25) is 5.02 Å². The predicted molar refractivity (Wildman–Crippen MR) is 74.9 cm³/mol. The van der Waals surface area contributed by atoms with Gasteiger partial charge in [-0.25, -0.2) is 0 Å². The molecule has 0 fully saturated rings. The average molecular weight is 255 g/mol. The fourth-order valence-electron chi connectivity index (χ4n) is 2.12. The molecule has 0 N–H and O–H groups in total. The zero-order chi connectivity index (χ0) is 12.5. The predicted octanol–water partition coefficient (Wildman–Crippen LogP) is 5.33. The molecular weight excluding hydrogens is 232 g/mol. The summed E-state index contributed by atoms with van der Waals surface area (Å²) in [5, 5.41) is 0.757. The molecule has 0 heterocycles. The van der Waals surface area contributed by atoms with Gasteiger partial charge in [-0.15, -0.1) is 0 Å². The quantitative estimate of drug-likeness (QED) is 0.610. The van der Waals surface area contributed by atoms with Crippen molar-refractivity contribution in [2.75, 3.05) is 6.61 Å². The van der Waals surface area contributed by atoms with E-state index in [0.29, 0.717) is 0 Å². The van der Waals surface area contributed by atoms with Crippen LogP contribution in [0.3, 0.4) is 0 Å². The molecule has 1 aromatic rings. The average Bonchev–Trinajstić information content (AvgIpc) is 2.32. The van der Waals surface area contributed by atoms with Gasteiger partial charge in [-0.2, -0.15) is 0 Å². The van der Waals surface area contributed by atoms with Gasteiger partial charge in [0, 0.05) is 5.02 Å². The van der Waals surface area contributed by atoms with Crippen molar-refractivity contribution in [1.82, 2.24) is 0 Å². The molecule has 0 aliphatic rings. The molecule has 0 saturated carbocycles. The first kappa shape index (κ1) is 14.4. The van der Waals surface area contributed by atoms with Crippen molar-refractivity contribution in [2.45, 2.75) is 46.0 Å². The molecule has 1 nitrogen and oxygen atoms in total. The highest BCUT2D eigenvalue weighted by Crippen LogP contribution is 2.19. The fourth-order valence-corrected chi connectivity index (χ4v) is 2.25. The van der Waals surface area contributed by atoms with Crippen molar-refractivity contribution in [3.8, 4) is 5.75 Å². The molecule has 0 aliphatic carbocycles. The number of rotatable bonds is 8. The largest absolute Gasteiger partial charge is 0.494 e. The van der Waals surface area contributed by atoms with Crippen LogP contribution in [0.5, 0.6) is 5.75 Å². The Hall–Kier alpha value is -0.690. The highest BCUT2D eigenvalue weighted by Gasteiger charge is 2.06. The molecule has 0 bridgehead atoms. The lowest BCUT2D eigenvalue weighted by molar-refractivity contribution is 0.264. The summed E-state index contributed by atoms with van der Waals surface area (Å²) in [7, 11) is 0. The Bertz CT molecular complexity index is 288. The van der Waals surface area contributed by atoms with Crippen LogP contribution in [0.15, 0.2) is 24.3 Å². The van der Waals surface area contributed by atoms with E-state index in [9.17, 15) is 0 Å². The minimum absolute atomic E-state index is 0.757. The van der Waals surface area contributed by atoms with Gasteiger partial charge in [-0.1, -0.05) is 51.1 Å². The number of hydrogen-bond acceptors (Lipinski definition) is 1. The van der Waals surface area contributed by atoms with Gasteiger partial charge in [0.25, 0.3) is 0 Å². The lowest BCUT2D eigenvalue weighted by Crippen LogP contribution is -2.07. The van der Waals surface area contributed by atoms with Gasteiger partial charge < -0.3 is 4.74 Å². The van der Waals surface area contributed by atoms with Gasteiger partial charge in [-0.3, -0.25) is 0 Å². The van der Waals surface area contributed by atoms with E-state index < -0.39 is 0 Å². The SMILES string of the molecule is CCCC(CCC)CCOc1ccc(Cl)cc1. The second-order valence-corrected chi connectivity index (χ2v) is 4.97. The van der Waals surface area contributed by atoms with Crippen molar-refractivity contribution >= 4 is 11.6 Å². The first-order valence-corrected chi connectivity index (χ1v) is 7.02. The summed E-state index contributed by atoms with van der Waals surface area (Å²) in [5.41, 5.74) is 0. The molecule has 2 heteroatoms. The van der Waals surface area contributed by atoms with Gasteiger partial charge >= 0.3 is 0 Å². The summed E-state index contributed by atoms with van der Waals surface area (Å²) in [6.07, 6.45) is 6.33. The number of benzene rings is 1. The maximum absolute atomic E-state index is 5.82. The molecule has 0 aliphatic heterocycles. The molecule has 0 atom stereocenters. The van der Waals surface area contributed by atoms with E-state index in [2.05, 4.69) is 13.8 Å². The molecule has 0 spiro atoms. The second kappa shape index (κ2) is 8.41. The maximum atomic E-state index is 5.82. The molecule has 17 heavy (non-hydrogen) atoms. The van der Waals surface area contributed by atoms with Gasteiger partial charge in [0.2, 0.25) is 0 Å². The minimum atomic E-state index is 0.757. The Morgan fingerprint density at radius 1 is 1.00 bits per heavy atom. The van der Waals surface area contributed by atoms with Crippen LogP contribution in [0.4, 0.5) is 0 Å². The lowest BCUT2D eigenvalue weighted by Gasteiger charge is -2.15. The summed E-state index contributed by atoms with van der Waals surface area (Å²) in [4.78, 5) is 0. The normalized spacial score (nSPS) is 10.8. The van der Waals surface area contributed by atoms with Crippen LogP contribution in [-0.4, -0.2) is 6.61 Å². The van der Waals surface area contributed by atoms with Gasteiger partial charge in [0.1, 0.15) is 5.75 Å². The van der Waals surface area contributed by atoms with E-state index in [1.54, 1.807) is 0 Å². The van der Waals surface area contributed by atoms with E-state index in [1.165, 1.54) is 25.7 Å². The Kier molecular flexibility index (Phi) is 7.11. The van der Waals surface area contributed by atoms with Gasteiger partial charge in [0.05, 0.1) is 6.61 Å². The van der Waals surface area contributed by atoms with Crippen LogP contribution in [0.25, 0.3) is 0 Å². The first-order chi connectivity index (χ1) is 8.26. The third-order valence-electron chi connectivity index (χ3n) is 3.00. The second-order valence-electron chi connectivity index (χ2n) is 4.53. The molecule has 1 rings (SSSR count). The zero-order valence-electron chi connectivity index (χ0n) is 10.9. The van der Waals surface area contributed by atoms with Crippen molar-refractivity contribution in [2.24, 2.45) is 5.92 Å². The zero-order valence-corrected chi connectivity index (χ0v) is 11.7. The number of halogens is 1. The minimum Gasteiger partial charge on any atom is -0.494 e. The van der Waals surface area contributed by atoms with Gasteiger partial charge in [0.15, 0.2) is 0 Å². The summed E-state index contributed by atoms with van der Waals surface area (Å²) in [6, 6.07) is 7.59. The van der Waals surface area contributed by atoms with Crippen LogP contribution < -0.4 is 4.74 Å². The summed E-state index contributed by atoms with van der Waals surface area (Å²) in [6.45, 7) is 5.32. The third kappa shape index (κ3) is 5.97. The highest BCUT2D eigenvalue weighted by atomic mass is 35.5. The van der Waals surface area contributed by atoms with Crippen LogP contribution in [0, 0.1) is 5.92 Å². The van der Waals surface area contributed by atoms with Crippen LogP contribution >= 0.6 is 11.6 Å². The van der Waals surface area contributed by atoms with E-state index in [4.69, 9.17) is 16.3 Å². The van der Waals surface area contributed by atoms with E-state index in [-0.39, 0.29) is 0 Å². The molecule has 0 radical (unpaired) electrons. The summed E-state index contributed by atoms with van der Waals surface area (Å²) in [5.74, 6) is 1.73. The van der Waals surface area contributed by atoms with Crippen molar-refractivity contribution in [3.05, 3.63) is 29.3 Å². The van der Waals surface area contributed by atoms with Crippen molar-refractivity contribution in [1.29, 1.82) is 0 Å². The highest BCUT2D eigenvalue weighted by molar-refractivity contribution is 6.30. The Morgan fingerprint density at radius 3 is 2.12 bits per heavy atom. The maximum Gasteiger partial charge on any atom is 0.119 e. The Labute approximate surface area is 110 Å². The molecule has 0 aromatic heterocycles. The molecule has 0 amide bonds. The molecule has 0 unspecified atom stereocenters. The monoisotopic (exact) mass is 254 g/mol. The molecule has 0 saturated heterocycles. The molecule has 96 valence electrons. The van der Waals surface area contributed by atoms with E-state index >= 15 is 0 Å². The molecular formula is C15H23ClO. The van der Waals surface area contributed by atoms with Crippen LogP contribution in [0.1, 0.15) is 46.0 Å². The fraction of sp³-hybridized carbons (Fsp3) is 0.600. The van der Waals surface area contributed by atoms with Crippen LogP contribution in [-0.2, 0) is 0 Å². The topological polar surface area (TPSA) is 9.23 Å². The standard InChI is InChI=1S/C15H23ClO/c1-3-5-13(6-4-2)11-12-17-15-9-7-14(16)8-10-15/h7-10,13H,3-6,11-12H2,1-2H3. The summed E-state index contributed by atoms with van der Waals surface area (Å²) >= 11 is 5.82. The van der Waals surface area contributed by atoms with E-state index in [0.717, 1.165) is 29.7 Å². The summed E-state index contributed by atoms with van der Waals surface area (Å²) < 4.78 is 5.73. The smallest absolute Gasteiger partial charge is 0.119 e. The molecule has 1 aromatic carbocycles. The van der Waals surface area contributed by atoms with Crippen molar-refractivity contribution < 1.29 is 4.74 Å². The van der Waals surface area contributed by atoms with E-state index in [1.807, 2.05) is 24.3 Å². The lowest BCUT2D eigenvalue weighted by atomic mass is 9.95. The number of hydrogen-bond donors (Lipinski definition) is 0. The first-order valence-electron chi connectivity index (χ1n) is 6.64. The Morgan fingerprint density at radius 2 is 1.59 bits per heavy atom. The third-order valence-corrected chi connectivity index (χ3v) is 3.25.